The van der Waals surface area contributed by atoms with Crippen LogP contribution in [0.4, 0.5) is 5.69 Å². The molecule has 0 aliphatic heterocycles. The molecule has 0 unspecified atom stereocenters. The summed E-state index contributed by atoms with van der Waals surface area (Å²) < 4.78 is 27.9. The molecule has 0 atom stereocenters. The topological polar surface area (TPSA) is 87.6 Å². The van der Waals surface area contributed by atoms with E-state index < -0.39 is 15.9 Å². The lowest BCUT2D eigenvalue weighted by Crippen LogP contribution is -2.20. The summed E-state index contributed by atoms with van der Waals surface area (Å²) >= 11 is 5.84. The third-order valence-electron chi connectivity index (χ3n) is 5.00. The fourth-order valence-corrected chi connectivity index (χ4v) is 4.24. The van der Waals surface area contributed by atoms with E-state index in [2.05, 4.69) is 36.0 Å². The average Bonchev–Trinajstić information content (AvgIpc) is 2.78. The molecule has 8 heteroatoms. The van der Waals surface area contributed by atoms with Crippen LogP contribution in [0.5, 0.6) is 0 Å². The maximum atomic E-state index is 12.7. The van der Waals surface area contributed by atoms with Crippen LogP contribution in [0.2, 0.25) is 5.02 Å². The number of halogens is 1. The number of hydrogen-bond acceptors (Lipinski definition) is 4. The van der Waals surface area contributed by atoms with Crippen LogP contribution in [0.3, 0.4) is 0 Å². The van der Waals surface area contributed by atoms with Gasteiger partial charge in [0.25, 0.3) is 15.9 Å². The number of anilines is 1. The van der Waals surface area contributed by atoms with Gasteiger partial charge in [-0.1, -0.05) is 62.7 Å². The van der Waals surface area contributed by atoms with Crippen LogP contribution in [0, 0.1) is 0 Å². The van der Waals surface area contributed by atoms with Crippen molar-refractivity contribution in [3.05, 3.63) is 94.5 Å². The van der Waals surface area contributed by atoms with Crippen molar-refractivity contribution in [2.75, 3.05) is 4.72 Å². The van der Waals surface area contributed by atoms with E-state index in [1.807, 2.05) is 24.3 Å². The van der Waals surface area contributed by atoms with E-state index in [0.717, 1.165) is 5.56 Å². The Morgan fingerprint density at radius 3 is 2.15 bits per heavy atom. The summed E-state index contributed by atoms with van der Waals surface area (Å²) in [6.07, 6.45) is 0. The molecule has 0 bridgehead atoms. The van der Waals surface area contributed by atoms with Crippen LogP contribution in [-0.4, -0.2) is 20.0 Å². The van der Waals surface area contributed by atoms with E-state index in [-0.39, 0.29) is 15.9 Å². The number of hydrogen-bond donors (Lipinski definition) is 2. The number of carbonyl (C=O) groups is 1. The molecule has 33 heavy (non-hydrogen) atoms. The molecule has 1 amide bonds. The maximum absolute atomic E-state index is 12.7. The maximum Gasteiger partial charge on any atom is 0.271 e. The van der Waals surface area contributed by atoms with Gasteiger partial charge in [-0.2, -0.15) is 5.10 Å². The van der Waals surface area contributed by atoms with Gasteiger partial charge in [0.15, 0.2) is 0 Å². The summed E-state index contributed by atoms with van der Waals surface area (Å²) in [7, 11) is -3.88. The quantitative estimate of drug-likeness (QED) is 0.353. The van der Waals surface area contributed by atoms with Crippen molar-refractivity contribution in [1.82, 2.24) is 5.43 Å². The van der Waals surface area contributed by atoms with E-state index in [1.165, 1.54) is 29.8 Å². The molecule has 0 aliphatic carbocycles. The Morgan fingerprint density at radius 1 is 0.909 bits per heavy atom. The van der Waals surface area contributed by atoms with Crippen LogP contribution in [-0.2, 0) is 15.4 Å². The van der Waals surface area contributed by atoms with E-state index in [1.54, 1.807) is 31.2 Å². The molecule has 3 aromatic rings. The molecular weight excluding hydrogens is 458 g/mol. The van der Waals surface area contributed by atoms with Gasteiger partial charge in [-0.15, -0.1) is 0 Å². The highest BCUT2D eigenvalue weighted by Crippen LogP contribution is 2.22. The third kappa shape index (κ3) is 6.43. The van der Waals surface area contributed by atoms with Gasteiger partial charge >= 0.3 is 0 Å². The molecule has 2 N–H and O–H groups in total. The summed E-state index contributed by atoms with van der Waals surface area (Å²) in [5, 5.41) is 4.67. The number of amides is 1. The SMILES string of the molecule is CC(=NNC(=O)c1cccc(S(=O)(=O)Nc2ccc(Cl)cc2)c1)c1ccc(C(C)(C)C)cc1. The lowest BCUT2D eigenvalue weighted by Gasteiger charge is -2.19. The third-order valence-corrected chi connectivity index (χ3v) is 6.63. The van der Waals surface area contributed by atoms with Crippen LogP contribution in [0.25, 0.3) is 0 Å². The van der Waals surface area contributed by atoms with Crippen LogP contribution in [0.1, 0.15) is 49.2 Å². The van der Waals surface area contributed by atoms with Gasteiger partial charge < -0.3 is 0 Å². The predicted octanol–water partition coefficient (Wildman–Crippen LogP) is 5.59. The summed E-state index contributed by atoms with van der Waals surface area (Å²) in [5.41, 5.74) is 5.80. The van der Waals surface area contributed by atoms with Crippen molar-refractivity contribution in [3.8, 4) is 0 Å². The number of sulfonamides is 1. The second-order valence-electron chi connectivity index (χ2n) is 8.61. The number of hydrazone groups is 1. The zero-order valence-electron chi connectivity index (χ0n) is 18.9. The van der Waals surface area contributed by atoms with Gasteiger partial charge in [-0.05, 0) is 65.9 Å². The van der Waals surface area contributed by atoms with E-state index in [4.69, 9.17) is 11.6 Å². The number of nitrogens with zero attached hydrogens (tertiary/aromatic N) is 1. The summed E-state index contributed by atoms with van der Waals surface area (Å²) in [6, 6.07) is 20.0. The smallest absolute Gasteiger partial charge is 0.271 e. The molecule has 0 saturated carbocycles. The van der Waals surface area contributed by atoms with Gasteiger partial charge in [0.1, 0.15) is 0 Å². The van der Waals surface area contributed by atoms with Crippen molar-refractivity contribution in [3.63, 3.8) is 0 Å². The highest BCUT2D eigenvalue weighted by molar-refractivity contribution is 7.92. The molecule has 172 valence electrons. The lowest BCUT2D eigenvalue weighted by molar-refractivity contribution is 0.0954. The molecule has 0 fully saturated rings. The number of benzene rings is 3. The average molecular weight is 484 g/mol. The minimum atomic E-state index is -3.88. The molecular formula is C25H26ClN3O3S. The molecule has 6 nitrogen and oxygen atoms in total. The van der Waals surface area contributed by atoms with E-state index in [9.17, 15) is 13.2 Å². The standard InChI is InChI=1S/C25H26ClN3O3S/c1-17(18-8-10-20(11-9-18)25(2,3)4)27-28-24(30)19-6-5-7-23(16-19)33(31,32)29-22-14-12-21(26)13-15-22/h5-16,29H,1-4H3,(H,28,30). The Bertz CT molecular complexity index is 1280. The number of nitrogens with one attached hydrogen (secondary N) is 2. The fourth-order valence-electron chi connectivity index (χ4n) is 3.01. The Balaban J connectivity index is 1.73. The second kappa shape index (κ2) is 9.77. The number of rotatable bonds is 6. The molecule has 0 aliphatic rings. The predicted molar refractivity (Wildman–Crippen MR) is 134 cm³/mol. The van der Waals surface area contributed by atoms with Crippen molar-refractivity contribution in [1.29, 1.82) is 0 Å². The van der Waals surface area contributed by atoms with Crippen molar-refractivity contribution < 1.29 is 13.2 Å². The minimum Gasteiger partial charge on any atom is -0.280 e. The largest absolute Gasteiger partial charge is 0.280 e. The lowest BCUT2D eigenvalue weighted by atomic mass is 9.86. The first-order valence-electron chi connectivity index (χ1n) is 10.3. The van der Waals surface area contributed by atoms with Crippen LogP contribution in [0.15, 0.2) is 82.8 Å². The van der Waals surface area contributed by atoms with Gasteiger partial charge in [-0.3, -0.25) is 9.52 Å². The molecule has 0 radical (unpaired) electrons. The van der Waals surface area contributed by atoms with Crippen molar-refractivity contribution in [2.24, 2.45) is 5.10 Å². The summed E-state index contributed by atoms with van der Waals surface area (Å²) in [6.45, 7) is 8.22. The fraction of sp³-hybridized carbons (Fsp3) is 0.200. The zero-order chi connectivity index (χ0) is 24.2. The zero-order valence-corrected chi connectivity index (χ0v) is 20.5. The van der Waals surface area contributed by atoms with Gasteiger partial charge in [0, 0.05) is 16.3 Å². The highest BCUT2D eigenvalue weighted by Gasteiger charge is 2.17. The van der Waals surface area contributed by atoms with Crippen molar-refractivity contribution in [2.45, 2.75) is 38.0 Å². The van der Waals surface area contributed by atoms with Gasteiger partial charge in [0.05, 0.1) is 10.6 Å². The van der Waals surface area contributed by atoms with E-state index >= 15 is 0 Å². The minimum absolute atomic E-state index is 0.0384. The highest BCUT2D eigenvalue weighted by atomic mass is 35.5. The molecule has 0 spiro atoms. The molecule has 0 aromatic heterocycles. The van der Waals surface area contributed by atoms with Gasteiger partial charge in [0.2, 0.25) is 0 Å². The normalized spacial score (nSPS) is 12.3. The Labute approximate surface area is 199 Å². The second-order valence-corrected chi connectivity index (χ2v) is 10.7. The molecule has 3 rings (SSSR count). The van der Waals surface area contributed by atoms with Gasteiger partial charge in [-0.25, -0.2) is 13.8 Å². The molecule has 3 aromatic carbocycles. The Hall–Kier alpha value is -3.16. The first-order valence-corrected chi connectivity index (χ1v) is 12.2. The first-order chi connectivity index (χ1) is 15.5. The summed E-state index contributed by atoms with van der Waals surface area (Å²) in [4.78, 5) is 12.6. The monoisotopic (exact) mass is 483 g/mol. The molecule has 0 saturated heterocycles. The molecule has 0 heterocycles. The van der Waals surface area contributed by atoms with E-state index in [0.29, 0.717) is 16.4 Å². The first kappa shape index (κ1) is 24.5. The van der Waals surface area contributed by atoms with Crippen molar-refractivity contribution >= 4 is 38.9 Å². The van der Waals surface area contributed by atoms with Crippen LogP contribution < -0.4 is 10.1 Å². The number of carbonyl (C=O) groups excluding carboxylic acids is 1. The summed E-state index contributed by atoms with van der Waals surface area (Å²) in [5.74, 6) is -0.510. The Morgan fingerprint density at radius 2 is 1.55 bits per heavy atom. The Kier molecular flexibility index (Phi) is 7.25. The van der Waals surface area contributed by atoms with Crippen LogP contribution >= 0.6 is 11.6 Å².